The number of rotatable bonds is 1. The Balaban J connectivity index is 2.65. The van der Waals surface area contributed by atoms with E-state index < -0.39 is 11.1 Å². The molecule has 0 radical (unpaired) electrons. The largest absolute Gasteiger partial charge is 0.508 e. The Labute approximate surface area is 97.8 Å². The lowest BCUT2D eigenvalue weighted by atomic mass is 9.84. The molecule has 1 aliphatic carbocycles. The van der Waals surface area contributed by atoms with Gasteiger partial charge in [0.15, 0.2) is 11.1 Å². The van der Waals surface area contributed by atoms with Gasteiger partial charge in [-0.2, -0.15) is 0 Å². The van der Waals surface area contributed by atoms with E-state index >= 15 is 0 Å². The summed E-state index contributed by atoms with van der Waals surface area (Å²) in [5.74, 6) is 0.671. The molecule has 88 valence electrons. The van der Waals surface area contributed by atoms with Crippen molar-refractivity contribution in [2.24, 2.45) is 5.92 Å². The first kappa shape index (κ1) is 11.6. The smallest absolute Gasteiger partial charge is 0.187 e. The predicted octanol–water partition coefficient (Wildman–Crippen LogP) is 2.41. The number of phenols is 1. The Kier molecular flexibility index (Phi) is 3.04. The van der Waals surface area contributed by atoms with Crippen molar-refractivity contribution in [1.82, 2.24) is 0 Å². The van der Waals surface area contributed by atoms with Crippen LogP contribution in [0.15, 0.2) is 11.0 Å². The summed E-state index contributed by atoms with van der Waals surface area (Å²) in [5.41, 5.74) is 2.53. The molecule has 0 bridgehead atoms. The normalized spacial score (nSPS) is 21.6. The van der Waals surface area contributed by atoms with Crippen LogP contribution >= 0.6 is 0 Å². The van der Waals surface area contributed by atoms with E-state index in [0.29, 0.717) is 16.4 Å². The Bertz CT molecular complexity index is 454. The molecule has 0 heterocycles. The zero-order valence-corrected chi connectivity index (χ0v) is 10.3. The van der Waals surface area contributed by atoms with Gasteiger partial charge in [0, 0.05) is 5.56 Å². The Morgan fingerprint density at radius 2 is 2.19 bits per heavy atom. The minimum Gasteiger partial charge on any atom is -0.508 e. The van der Waals surface area contributed by atoms with Crippen molar-refractivity contribution in [2.75, 3.05) is 0 Å². The molecule has 0 aliphatic heterocycles. The van der Waals surface area contributed by atoms with Gasteiger partial charge in [0.25, 0.3) is 0 Å². The van der Waals surface area contributed by atoms with Gasteiger partial charge < -0.3 is 9.66 Å². The van der Waals surface area contributed by atoms with Crippen LogP contribution in [0.5, 0.6) is 5.75 Å². The van der Waals surface area contributed by atoms with Gasteiger partial charge in [0.2, 0.25) is 0 Å². The fourth-order valence-electron chi connectivity index (χ4n) is 2.38. The van der Waals surface area contributed by atoms with Crippen LogP contribution in [0.25, 0.3) is 0 Å². The predicted molar refractivity (Wildman–Crippen MR) is 63.1 cm³/mol. The molecule has 0 spiro atoms. The highest BCUT2D eigenvalue weighted by Gasteiger charge is 2.23. The third-order valence-corrected chi connectivity index (χ3v) is 4.23. The number of aryl methyl sites for hydroxylation is 1. The van der Waals surface area contributed by atoms with Gasteiger partial charge in [-0.15, -0.1) is 0 Å². The minimum absolute atomic E-state index is 0.130. The van der Waals surface area contributed by atoms with E-state index in [1.54, 1.807) is 13.0 Å². The molecule has 1 aliphatic rings. The summed E-state index contributed by atoms with van der Waals surface area (Å²) < 4.78 is 20.7. The van der Waals surface area contributed by atoms with Crippen LogP contribution in [0.2, 0.25) is 0 Å². The second-order valence-corrected chi connectivity index (χ2v) is 5.49. The quantitative estimate of drug-likeness (QED) is 0.741. The molecule has 3 nitrogen and oxygen atoms in total. The standard InChI is InChI=1S/C12H16O3S/c1-7-3-4-9-6-11(13)8(2)12(16(14)15)10(9)5-7/h6-7,13H,3-5H2,1-2H3,(H,14,15). The summed E-state index contributed by atoms with van der Waals surface area (Å²) >= 11 is -2.02. The van der Waals surface area contributed by atoms with E-state index in [4.69, 9.17) is 0 Å². The maximum Gasteiger partial charge on any atom is 0.187 e. The first-order valence-electron chi connectivity index (χ1n) is 5.46. The van der Waals surface area contributed by atoms with Crippen LogP contribution in [-0.2, 0) is 23.9 Å². The lowest BCUT2D eigenvalue weighted by molar-refractivity contribution is 0.455. The molecular weight excluding hydrogens is 224 g/mol. The Hall–Kier alpha value is -0.870. The second kappa shape index (κ2) is 4.18. The SMILES string of the molecule is Cc1c(O)cc2c(c1S(=O)O)CC(C)CC2. The molecule has 4 heteroatoms. The summed E-state index contributed by atoms with van der Waals surface area (Å²) in [6, 6.07) is 1.74. The summed E-state index contributed by atoms with van der Waals surface area (Å²) in [7, 11) is 0. The van der Waals surface area contributed by atoms with Crippen molar-refractivity contribution in [1.29, 1.82) is 0 Å². The van der Waals surface area contributed by atoms with Gasteiger partial charge in [-0.25, -0.2) is 4.21 Å². The van der Waals surface area contributed by atoms with Crippen molar-refractivity contribution in [2.45, 2.75) is 38.0 Å². The summed E-state index contributed by atoms with van der Waals surface area (Å²) in [4.78, 5) is 0.418. The van der Waals surface area contributed by atoms with Crippen LogP contribution in [-0.4, -0.2) is 13.9 Å². The fraction of sp³-hybridized carbons (Fsp3) is 0.500. The van der Waals surface area contributed by atoms with Gasteiger partial charge in [0.05, 0.1) is 4.90 Å². The molecular formula is C12H16O3S. The fourth-order valence-corrected chi connectivity index (χ4v) is 3.18. The molecule has 16 heavy (non-hydrogen) atoms. The molecule has 0 aromatic heterocycles. The Morgan fingerprint density at radius 3 is 2.81 bits per heavy atom. The third kappa shape index (κ3) is 1.87. The van der Waals surface area contributed by atoms with Crippen molar-refractivity contribution in [3.63, 3.8) is 0 Å². The lowest BCUT2D eigenvalue weighted by Crippen LogP contribution is -2.15. The maximum atomic E-state index is 11.4. The molecule has 0 saturated carbocycles. The van der Waals surface area contributed by atoms with Crippen LogP contribution in [0.3, 0.4) is 0 Å². The van der Waals surface area contributed by atoms with Gasteiger partial charge in [0.1, 0.15) is 5.75 Å². The molecule has 1 aromatic rings. The van der Waals surface area contributed by atoms with E-state index in [-0.39, 0.29) is 5.75 Å². The number of aromatic hydroxyl groups is 1. The van der Waals surface area contributed by atoms with Crippen molar-refractivity contribution in [3.05, 3.63) is 22.8 Å². The van der Waals surface area contributed by atoms with Crippen LogP contribution in [0.4, 0.5) is 0 Å². The Morgan fingerprint density at radius 1 is 1.50 bits per heavy atom. The van der Waals surface area contributed by atoms with E-state index in [1.807, 2.05) is 0 Å². The van der Waals surface area contributed by atoms with E-state index in [9.17, 15) is 13.9 Å². The minimum atomic E-state index is -2.02. The molecule has 2 unspecified atom stereocenters. The van der Waals surface area contributed by atoms with Crippen LogP contribution in [0, 0.1) is 12.8 Å². The third-order valence-electron chi connectivity index (χ3n) is 3.33. The molecule has 0 saturated heterocycles. The zero-order chi connectivity index (χ0) is 11.9. The van der Waals surface area contributed by atoms with E-state index in [1.165, 1.54) is 0 Å². The monoisotopic (exact) mass is 240 g/mol. The molecule has 1 aromatic carbocycles. The first-order chi connectivity index (χ1) is 7.50. The number of hydrogen-bond donors (Lipinski definition) is 2. The highest BCUT2D eigenvalue weighted by molar-refractivity contribution is 7.79. The van der Waals surface area contributed by atoms with E-state index in [0.717, 1.165) is 30.4 Å². The zero-order valence-electron chi connectivity index (χ0n) is 9.49. The van der Waals surface area contributed by atoms with Crippen LogP contribution < -0.4 is 0 Å². The average Bonchev–Trinajstić information content (AvgIpc) is 2.20. The summed E-state index contributed by atoms with van der Waals surface area (Å²) in [6.07, 6.45) is 2.79. The molecule has 2 atom stereocenters. The van der Waals surface area contributed by atoms with Crippen molar-refractivity contribution >= 4 is 11.1 Å². The summed E-state index contributed by atoms with van der Waals surface area (Å²) in [5, 5.41) is 9.73. The van der Waals surface area contributed by atoms with Gasteiger partial charge >= 0.3 is 0 Å². The number of fused-ring (bicyclic) bond motifs is 1. The highest BCUT2D eigenvalue weighted by atomic mass is 32.2. The average molecular weight is 240 g/mol. The molecule has 2 rings (SSSR count). The lowest BCUT2D eigenvalue weighted by Gasteiger charge is -2.24. The maximum absolute atomic E-state index is 11.4. The molecule has 2 N–H and O–H groups in total. The van der Waals surface area contributed by atoms with Crippen molar-refractivity contribution < 1.29 is 13.9 Å². The molecule has 0 amide bonds. The topological polar surface area (TPSA) is 57.5 Å². The summed E-state index contributed by atoms with van der Waals surface area (Å²) in [6.45, 7) is 3.84. The van der Waals surface area contributed by atoms with Gasteiger partial charge in [-0.1, -0.05) is 6.92 Å². The highest BCUT2D eigenvalue weighted by Crippen LogP contribution is 2.35. The van der Waals surface area contributed by atoms with E-state index in [2.05, 4.69) is 6.92 Å². The van der Waals surface area contributed by atoms with Crippen LogP contribution in [0.1, 0.15) is 30.0 Å². The first-order valence-corrected chi connectivity index (χ1v) is 6.56. The van der Waals surface area contributed by atoms with Crippen molar-refractivity contribution in [3.8, 4) is 5.75 Å². The van der Waals surface area contributed by atoms with Gasteiger partial charge in [-0.05, 0) is 49.3 Å². The number of hydrogen-bond acceptors (Lipinski definition) is 2. The van der Waals surface area contributed by atoms with Gasteiger partial charge in [-0.3, -0.25) is 0 Å². The molecule has 0 fully saturated rings. The number of phenolic OH excluding ortho intramolecular Hbond substituents is 1. The number of benzene rings is 1. The second-order valence-electron chi connectivity index (χ2n) is 4.58.